The molecular weight excluding hydrogens is 458 g/mol. The van der Waals surface area contributed by atoms with Gasteiger partial charge < -0.3 is 37.6 Å². The highest BCUT2D eigenvalue weighted by Crippen LogP contribution is 2.07. The maximum Gasteiger partial charge on any atom is 0.326 e. The van der Waals surface area contributed by atoms with Gasteiger partial charge in [-0.05, 0) is 30.8 Å². The van der Waals surface area contributed by atoms with Crippen LogP contribution < -0.4 is 27.4 Å². The number of carboxylic acids is 2. The summed E-state index contributed by atoms with van der Waals surface area (Å²) >= 11 is 1.37. The molecule has 188 valence electrons. The van der Waals surface area contributed by atoms with Crippen LogP contribution in [0.4, 0.5) is 0 Å². The predicted octanol–water partition coefficient (Wildman–Crippen LogP) is -2.00. The third kappa shape index (κ3) is 12.1. The Morgan fingerprint density at radius 3 is 1.91 bits per heavy atom. The highest BCUT2D eigenvalue weighted by atomic mass is 32.2. The minimum Gasteiger partial charge on any atom is -0.481 e. The summed E-state index contributed by atoms with van der Waals surface area (Å²) in [5.74, 6) is -5.93. The number of carbonyl (C=O) groups excluding carboxylic acids is 4. The van der Waals surface area contributed by atoms with E-state index >= 15 is 0 Å². The average molecular weight is 492 g/mol. The highest BCUT2D eigenvalue weighted by molar-refractivity contribution is 7.98. The molecule has 4 unspecified atom stereocenters. The number of carbonyl (C=O) groups is 6. The highest BCUT2D eigenvalue weighted by Gasteiger charge is 2.32. The van der Waals surface area contributed by atoms with Gasteiger partial charge in [0.05, 0.1) is 12.5 Å². The lowest BCUT2D eigenvalue weighted by Gasteiger charge is -2.26. The third-order valence-corrected chi connectivity index (χ3v) is 5.17. The van der Waals surface area contributed by atoms with E-state index in [1.807, 2.05) is 0 Å². The van der Waals surface area contributed by atoms with Crippen LogP contribution in [0, 0.1) is 5.92 Å². The quantitative estimate of drug-likeness (QED) is 0.125. The van der Waals surface area contributed by atoms with E-state index in [0.29, 0.717) is 5.75 Å². The molecule has 0 saturated carbocycles. The number of amides is 4. The molecule has 33 heavy (non-hydrogen) atoms. The van der Waals surface area contributed by atoms with Crippen LogP contribution in [0.15, 0.2) is 0 Å². The second kappa shape index (κ2) is 15.1. The molecule has 0 aromatic rings. The Bertz CT molecular complexity index is 733. The molecule has 0 heterocycles. The Morgan fingerprint density at radius 1 is 0.879 bits per heavy atom. The first kappa shape index (κ1) is 30.1. The second-order valence-electron chi connectivity index (χ2n) is 7.68. The number of nitrogens with two attached hydrogens (primary N) is 2. The van der Waals surface area contributed by atoms with Crippen LogP contribution in [0.3, 0.4) is 0 Å². The van der Waals surface area contributed by atoms with E-state index in [2.05, 4.69) is 16.0 Å². The van der Waals surface area contributed by atoms with Gasteiger partial charge in [-0.15, -0.1) is 0 Å². The Kier molecular flexibility index (Phi) is 13.7. The monoisotopic (exact) mass is 491 g/mol. The van der Waals surface area contributed by atoms with E-state index in [1.54, 1.807) is 20.1 Å². The maximum atomic E-state index is 12.8. The standard InChI is InChI=1S/C19H33N5O8S/c1-9(2)15(24-16(28)10(20)4-5-13(21)25)18(30)23-12(8-14(26)27)17(29)22-11(19(31)32)6-7-33-3/h9-12,15H,4-8,20H2,1-3H3,(H2,21,25)(H,22,29)(H,23,30)(H,24,28)(H,26,27)(H,31,32). The zero-order valence-electron chi connectivity index (χ0n) is 18.8. The topological polar surface area (TPSA) is 231 Å². The van der Waals surface area contributed by atoms with E-state index in [9.17, 15) is 33.9 Å². The average Bonchev–Trinajstić information content (AvgIpc) is 2.71. The summed E-state index contributed by atoms with van der Waals surface area (Å²) in [4.78, 5) is 71.0. The molecule has 0 aliphatic rings. The first-order valence-corrected chi connectivity index (χ1v) is 11.6. The molecule has 4 atom stereocenters. The van der Waals surface area contributed by atoms with Crippen molar-refractivity contribution in [3.8, 4) is 0 Å². The SMILES string of the molecule is CSCCC(NC(=O)C(CC(=O)O)NC(=O)C(NC(=O)C(N)CCC(N)=O)C(C)C)C(=O)O. The summed E-state index contributed by atoms with van der Waals surface area (Å²) < 4.78 is 0. The van der Waals surface area contributed by atoms with Gasteiger partial charge in [-0.3, -0.25) is 24.0 Å². The lowest BCUT2D eigenvalue weighted by Crippen LogP contribution is -2.58. The smallest absolute Gasteiger partial charge is 0.326 e. The van der Waals surface area contributed by atoms with Crippen molar-refractivity contribution in [1.29, 1.82) is 0 Å². The molecule has 0 radical (unpaired) electrons. The van der Waals surface area contributed by atoms with E-state index in [0.717, 1.165) is 0 Å². The lowest BCUT2D eigenvalue weighted by atomic mass is 10.0. The molecule has 0 aromatic heterocycles. The molecule has 4 amide bonds. The van der Waals surface area contributed by atoms with Gasteiger partial charge in [0.25, 0.3) is 0 Å². The molecule has 0 aromatic carbocycles. The maximum absolute atomic E-state index is 12.8. The molecule has 0 aliphatic heterocycles. The van der Waals surface area contributed by atoms with Crippen molar-refractivity contribution in [2.75, 3.05) is 12.0 Å². The normalized spacial score (nSPS) is 14.5. The number of aliphatic carboxylic acids is 2. The van der Waals surface area contributed by atoms with Gasteiger partial charge in [-0.1, -0.05) is 13.8 Å². The van der Waals surface area contributed by atoms with Crippen LogP contribution in [0.25, 0.3) is 0 Å². The van der Waals surface area contributed by atoms with Gasteiger partial charge in [-0.2, -0.15) is 11.8 Å². The minimum absolute atomic E-state index is 0.0374. The van der Waals surface area contributed by atoms with Gasteiger partial charge in [0, 0.05) is 6.42 Å². The van der Waals surface area contributed by atoms with E-state index in [1.165, 1.54) is 11.8 Å². The summed E-state index contributed by atoms with van der Waals surface area (Å²) in [5.41, 5.74) is 10.7. The summed E-state index contributed by atoms with van der Waals surface area (Å²) in [6.07, 6.45) is 0.890. The summed E-state index contributed by atoms with van der Waals surface area (Å²) in [6.45, 7) is 3.21. The fraction of sp³-hybridized carbons (Fsp3) is 0.684. The zero-order chi connectivity index (χ0) is 25.7. The molecule has 0 fully saturated rings. The van der Waals surface area contributed by atoms with Gasteiger partial charge in [0.1, 0.15) is 18.1 Å². The number of hydrogen-bond donors (Lipinski definition) is 7. The number of rotatable bonds is 16. The first-order valence-electron chi connectivity index (χ1n) is 10.2. The number of nitrogens with one attached hydrogen (secondary N) is 3. The van der Waals surface area contributed by atoms with Crippen molar-refractivity contribution < 1.29 is 39.0 Å². The van der Waals surface area contributed by atoms with Crippen LogP contribution in [0.2, 0.25) is 0 Å². The molecule has 9 N–H and O–H groups in total. The number of thioether (sulfide) groups is 1. The van der Waals surface area contributed by atoms with Crippen LogP contribution in [-0.2, 0) is 28.8 Å². The summed E-state index contributed by atoms with van der Waals surface area (Å²) in [6, 6.07) is -5.12. The largest absolute Gasteiger partial charge is 0.481 e. The van der Waals surface area contributed by atoms with E-state index < -0.39 is 72.1 Å². The Balaban J connectivity index is 5.38. The number of carboxylic acid groups (broad SMARTS) is 2. The van der Waals surface area contributed by atoms with Crippen molar-refractivity contribution >= 4 is 47.3 Å². The Morgan fingerprint density at radius 2 is 1.45 bits per heavy atom. The van der Waals surface area contributed by atoms with Gasteiger partial charge in [0.2, 0.25) is 23.6 Å². The zero-order valence-corrected chi connectivity index (χ0v) is 19.6. The lowest BCUT2D eigenvalue weighted by molar-refractivity contribution is -0.143. The van der Waals surface area contributed by atoms with Gasteiger partial charge >= 0.3 is 11.9 Å². The molecule has 14 heteroatoms. The molecule has 0 saturated heterocycles. The third-order valence-electron chi connectivity index (χ3n) is 4.52. The molecule has 0 rings (SSSR count). The fourth-order valence-corrected chi connectivity index (χ4v) is 3.11. The Hall–Kier alpha value is -2.87. The van der Waals surface area contributed by atoms with Crippen LogP contribution >= 0.6 is 11.8 Å². The van der Waals surface area contributed by atoms with Gasteiger partial charge in [-0.25, -0.2) is 4.79 Å². The van der Waals surface area contributed by atoms with Crippen molar-refractivity contribution in [3.63, 3.8) is 0 Å². The van der Waals surface area contributed by atoms with Crippen molar-refractivity contribution in [2.24, 2.45) is 17.4 Å². The van der Waals surface area contributed by atoms with Crippen LogP contribution in [0.1, 0.15) is 39.5 Å². The van der Waals surface area contributed by atoms with Crippen LogP contribution in [-0.4, -0.2) is 82.0 Å². The number of hydrogen-bond acceptors (Lipinski definition) is 8. The molecule has 0 spiro atoms. The van der Waals surface area contributed by atoms with E-state index in [4.69, 9.17) is 16.6 Å². The first-order chi connectivity index (χ1) is 15.3. The molecular formula is C19H33N5O8S. The summed E-state index contributed by atoms with van der Waals surface area (Å²) in [5, 5.41) is 25.3. The molecule has 13 nitrogen and oxygen atoms in total. The molecule has 0 bridgehead atoms. The molecule has 0 aliphatic carbocycles. The van der Waals surface area contributed by atoms with Crippen molar-refractivity contribution in [2.45, 2.75) is 63.7 Å². The minimum atomic E-state index is -1.58. The van der Waals surface area contributed by atoms with Gasteiger partial charge in [0.15, 0.2) is 0 Å². The summed E-state index contributed by atoms with van der Waals surface area (Å²) in [7, 11) is 0. The van der Waals surface area contributed by atoms with E-state index in [-0.39, 0.29) is 19.3 Å². The Labute approximate surface area is 195 Å². The second-order valence-corrected chi connectivity index (χ2v) is 8.67. The van der Waals surface area contributed by atoms with Crippen molar-refractivity contribution in [3.05, 3.63) is 0 Å². The van der Waals surface area contributed by atoms with Crippen molar-refractivity contribution in [1.82, 2.24) is 16.0 Å². The van der Waals surface area contributed by atoms with Crippen LogP contribution in [0.5, 0.6) is 0 Å². The number of primary amides is 1. The fourth-order valence-electron chi connectivity index (χ4n) is 2.63. The predicted molar refractivity (Wildman–Crippen MR) is 120 cm³/mol.